The molecule has 0 aliphatic heterocycles. The zero-order chi connectivity index (χ0) is 17.1. The second kappa shape index (κ2) is 7.47. The van der Waals surface area contributed by atoms with Gasteiger partial charge in [0.25, 0.3) is 0 Å². The Labute approximate surface area is 151 Å². The molecule has 1 aromatic heterocycles. The Bertz CT molecular complexity index is 858. The number of halogens is 2. The van der Waals surface area contributed by atoms with E-state index in [1.165, 1.54) is 0 Å². The van der Waals surface area contributed by atoms with E-state index in [2.05, 4.69) is 23.6 Å². The van der Waals surface area contributed by atoms with Gasteiger partial charge in [-0.05, 0) is 42.8 Å². The van der Waals surface area contributed by atoms with E-state index in [1.54, 1.807) is 0 Å². The third-order valence-electron chi connectivity index (χ3n) is 4.00. The summed E-state index contributed by atoms with van der Waals surface area (Å²) in [6.45, 7) is 3.43. The topological polar surface area (TPSA) is 34.4 Å². The van der Waals surface area contributed by atoms with Crippen molar-refractivity contribution in [1.82, 2.24) is 4.57 Å². The van der Waals surface area contributed by atoms with Crippen LogP contribution in [0.5, 0.6) is 5.75 Å². The van der Waals surface area contributed by atoms with Crippen LogP contribution in [-0.4, -0.2) is 22.9 Å². The van der Waals surface area contributed by atoms with Crippen LogP contribution in [0.4, 0.5) is 0 Å². The molecule has 1 N–H and O–H groups in total. The summed E-state index contributed by atoms with van der Waals surface area (Å²) >= 11 is 12.1. The SMILES string of the molecule is Cc1cc2c(OCCCO)cccc2n1Cc1ccc(Cl)c(Cl)c1. The quantitative estimate of drug-likeness (QED) is 0.620. The van der Waals surface area contributed by atoms with E-state index in [0.717, 1.165) is 27.9 Å². The molecule has 3 rings (SSSR count). The fourth-order valence-corrected chi connectivity index (χ4v) is 3.11. The summed E-state index contributed by atoms with van der Waals surface area (Å²) in [4.78, 5) is 0. The number of aromatic nitrogens is 1. The zero-order valence-electron chi connectivity index (χ0n) is 13.4. The number of nitrogens with zero attached hydrogens (tertiary/aromatic N) is 1. The maximum atomic E-state index is 8.91. The number of benzene rings is 2. The lowest BCUT2D eigenvalue weighted by Gasteiger charge is -2.11. The number of hydrogen-bond acceptors (Lipinski definition) is 2. The highest BCUT2D eigenvalue weighted by Crippen LogP contribution is 2.30. The van der Waals surface area contributed by atoms with Crippen molar-refractivity contribution in [3.05, 3.63) is 63.8 Å². The van der Waals surface area contributed by atoms with Gasteiger partial charge in [0.15, 0.2) is 0 Å². The molecule has 0 spiro atoms. The average molecular weight is 364 g/mol. The maximum absolute atomic E-state index is 8.91. The third-order valence-corrected chi connectivity index (χ3v) is 4.74. The lowest BCUT2D eigenvalue weighted by atomic mass is 10.2. The van der Waals surface area contributed by atoms with Crippen molar-refractivity contribution in [3.8, 4) is 5.75 Å². The number of rotatable bonds is 6. The molecule has 1 heterocycles. The Morgan fingerprint density at radius 3 is 2.67 bits per heavy atom. The molecule has 0 saturated carbocycles. The van der Waals surface area contributed by atoms with Crippen molar-refractivity contribution in [3.63, 3.8) is 0 Å². The standard InChI is InChI=1S/C19H19Cl2NO2/c1-13-10-15-18(4-2-5-19(15)24-9-3-8-23)22(13)12-14-6-7-16(20)17(21)11-14/h2,4-7,10-11,23H,3,8-9,12H2,1H3. The van der Waals surface area contributed by atoms with Crippen LogP contribution in [0, 0.1) is 6.92 Å². The monoisotopic (exact) mass is 363 g/mol. The van der Waals surface area contributed by atoms with Gasteiger partial charge in [0.05, 0.1) is 22.2 Å². The Hall–Kier alpha value is -1.68. The van der Waals surface area contributed by atoms with Crippen LogP contribution in [-0.2, 0) is 6.54 Å². The van der Waals surface area contributed by atoms with E-state index in [0.29, 0.717) is 29.6 Å². The zero-order valence-corrected chi connectivity index (χ0v) is 14.9. The van der Waals surface area contributed by atoms with E-state index >= 15 is 0 Å². The van der Waals surface area contributed by atoms with Gasteiger partial charge in [-0.2, -0.15) is 0 Å². The van der Waals surface area contributed by atoms with Crippen LogP contribution in [0.1, 0.15) is 17.7 Å². The van der Waals surface area contributed by atoms with Gasteiger partial charge < -0.3 is 14.4 Å². The number of hydrogen-bond donors (Lipinski definition) is 1. The van der Waals surface area contributed by atoms with Crippen molar-refractivity contribution in [2.24, 2.45) is 0 Å². The van der Waals surface area contributed by atoms with Crippen LogP contribution in [0.3, 0.4) is 0 Å². The Morgan fingerprint density at radius 1 is 1.08 bits per heavy atom. The van der Waals surface area contributed by atoms with Gasteiger partial charge >= 0.3 is 0 Å². The Kier molecular flexibility index (Phi) is 5.34. The smallest absolute Gasteiger partial charge is 0.128 e. The van der Waals surface area contributed by atoms with Crippen molar-refractivity contribution in [2.45, 2.75) is 19.9 Å². The first kappa shape index (κ1) is 17.2. The minimum atomic E-state index is 0.132. The van der Waals surface area contributed by atoms with Crippen LogP contribution in [0.15, 0.2) is 42.5 Å². The van der Waals surface area contributed by atoms with Crippen LogP contribution >= 0.6 is 23.2 Å². The number of aliphatic hydroxyl groups excluding tert-OH is 1. The second-order valence-corrected chi connectivity index (χ2v) is 6.55. The first-order valence-corrected chi connectivity index (χ1v) is 8.62. The first-order valence-electron chi connectivity index (χ1n) is 7.86. The number of aliphatic hydroxyl groups is 1. The molecular weight excluding hydrogens is 345 g/mol. The highest BCUT2D eigenvalue weighted by Gasteiger charge is 2.11. The highest BCUT2D eigenvalue weighted by atomic mass is 35.5. The van der Waals surface area contributed by atoms with Gasteiger partial charge in [-0.3, -0.25) is 0 Å². The summed E-state index contributed by atoms with van der Waals surface area (Å²) in [5, 5.41) is 11.1. The fourth-order valence-electron chi connectivity index (χ4n) is 2.79. The summed E-state index contributed by atoms with van der Waals surface area (Å²) in [6.07, 6.45) is 0.624. The van der Waals surface area contributed by atoms with E-state index in [1.807, 2.05) is 30.3 Å². The molecule has 2 aromatic carbocycles. The summed E-state index contributed by atoms with van der Waals surface area (Å²) < 4.78 is 8.03. The van der Waals surface area contributed by atoms with Gasteiger partial charge in [-0.1, -0.05) is 35.3 Å². The van der Waals surface area contributed by atoms with Gasteiger partial charge in [0, 0.05) is 30.7 Å². The molecular formula is C19H19Cl2NO2. The summed E-state index contributed by atoms with van der Waals surface area (Å²) in [7, 11) is 0. The molecule has 0 aliphatic rings. The molecule has 24 heavy (non-hydrogen) atoms. The summed E-state index contributed by atoms with van der Waals surface area (Å²) in [5.74, 6) is 0.844. The van der Waals surface area contributed by atoms with Crippen LogP contribution in [0.25, 0.3) is 10.9 Å². The molecule has 0 saturated heterocycles. The molecule has 0 bridgehead atoms. The molecule has 0 radical (unpaired) electrons. The van der Waals surface area contributed by atoms with E-state index < -0.39 is 0 Å². The molecule has 0 amide bonds. The fraction of sp³-hybridized carbons (Fsp3) is 0.263. The number of aryl methyl sites for hydroxylation is 1. The van der Waals surface area contributed by atoms with Crippen molar-refractivity contribution in [2.75, 3.05) is 13.2 Å². The number of ether oxygens (including phenoxy) is 1. The molecule has 3 aromatic rings. The van der Waals surface area contributed by atoms with E-state index in [-0.39, 0.29) is 6.61 Å². The second-order valence-electron chi connectivity index (χ2n) is 5.73. The molecule has 0 unspecified atom stereocenters. The predicted molar refractivity (Wildman–Crippen MR) is 99.4 cm³/mol. The lowest BCUT2D eigenvalue weighted by molar-refractivity contribution is 0.235. The van der Waals surface area contributed by atoms with Crippen molar-refractivity contribution >= 4 is 34.1 Å². The molecule has 5 heteroatoms. The normalized spacial score (nSPS) is 11.2. The van der Waals surface area contributed by atoms with Gasteiger partial charge in [0.1, 0.15) is 5.75 Å². The Morgan fingerprint density at radius 2 is 1.92 bits per heavy atom. The van der Waals surface area contributed by atoms with Crippen molar-refractivity contribution in [1.29, 1.82) is 0 Å². The summed E-state index contributed by atoms with van der Waals surface area (Å²) in [6, 6.07) is 13.9. The number of fused-ring (bicyclic) bond motifs is 1. The molecule has 0 aliphatic carbocycles. The van der Waals surface area contributed by atoms with Gasteiger partial charge in [-0.15, -0.1) is 0 Å². The van der Waals surface area contributed by atoms with E-state index in [9.17, 15) is 0 Å². The minimum Gasteiger partial charge on any atom is -0.493 e. The molecule has 0 atom stereocenters. The lowest BCUT2D eigenvalue weighted by Crippen LogP contribution is -2.02. The third kappa shape index (κ3) is 3.54. The van der Waals surface area contributed by atoms with Crippen LogP contribution < -0.4 is 4.74 Å². The molecule has 0 fully saturated rings. The van der Waals surface area contributed by atoms with Crippen LogP contribution in [0.2, 0.25) is 10.0 Å². The van der Waals surface area contributed by atoms with Gasteiger partial charge in [-0.25, -0.2) is 0 Å². The minimum absolute atomic E-state index is 0.132. The largest absolute Gasteiger partial charge is 0.493 e. The molecule has 3 nitrogen and oxygen atoms in total. The molecule has 126 valence electrons. The van der Waals surface area contributed by atoms with E-state index in [4.69, 9.17) is 33.0 Å². The highest BCUT2D eigenvalue weighted by molar-refractivity contribution is 6.42. The average Bonchev–Trinajstić information content (AvgIpc) is 2.88. The van der Waals surface area contributed by atoms with Crippen molar-refractivity contribution < 1.29 is 9.84 Å². The first-order chi connectivity index (χ1) is 11.6. The van der Waals surface area contributed by atoms with Gasteiger partial charge in [0.2, 0.25) is 0 Å². The summed E-state index contributed by atoms with van der Waals surface area (Å²) in [5.41, 5.74) is 3.35. The maximum Gasteiger partial charge on any atom is 0.128 e. The Balaban J connectivity index is 1.94. The predicted octanol–water partition coefficient (Wildman–Crippen LogP) is 5.07.